The zero-order valence-electron chi connectivity index (χ0n) is 14.8. The van der Waals surface area contributed by atoms with Crippen LogP contribution in [0.3, 0.4) is 0 Å². The molecule has 0 bridgehead atoms. The molecule has 5 nitrogen and oxygen atoms in total. The van der Waals surface area contributed by atoms with E-state index in [1.807, 2.05) is 25.1 Å². The first-order valence-corrected chi connectivity index (χ1v) is 8.40. The van der Waals surface area contributed by atoms with Gasteiger partial charge in [0.05, 0.1) is 11.8 Å². The van der Waals surface area contributed by atoms with Crippen molar-refractivity contribution in [2.45, 2.75) is 6.92 Å². The van der Waals surface area contributed by atoms with Crippen LogP contribution in [0.5, 0.6) is 5.75 Å². The molecule has 0 spiro atoms. The van der Waals surface area contributed by atoms with Crippen molar-refractivity contribution in [2.24, 2.45) is 5.10 Å². The van der Waals surface area contributed by atoms with Gasteiger partial charge in [-0.25, -0.2) is 10.2 Å². The minimum atomic E-state index is -0.414. The third-order valence-electron chi connectivity index (χ3n) is 3.87. The number of amides is 1. The molecule has 0 aliphatic carbocycles. The molecule has 27 heavy (non-hydrogen) atoms. The topological polar surface area (TPSA) is 67.8 Å². The smallest absolute Gasteiger partial charge is 0.343 e. The number of esters is 1. The predicted molar refractivity (Wildman–Crippen MR) is 104 cm³/mol. The summed E-state index contributed by atoms with van der Waals surface area (Å²) in [5.41, 5.74) is 5.22. The monoisotopic (exact) mass is 358 g/mol. The minimum absolute atomic E-state index is 0.266. The van der Waals surface area contributed by atoms with Gasteiger partial charge in [0.15, 0.2) is 0 Å². The third-order valence-corrected chi connectivity index (χ3v) is 3.87. The summed E-state index contributed by atoms with van der Waals surface area (Å²) in [4.78, 5) is 24.1. The van der Waals surface area contributed by atoms with E-state index in [2.05, 4.69) is 10.5 Å². The van der Waals surface area contributed by atoms with E-state index < -0.39 is 5.97 Å². The van der Waals surface area contributed by atoms with Crippen molar-refractivity contribution in [3.05, 3.63) is 101 Å². The molecule has 3 aromatic rings. The fourth-order valence-electron chi connectivity index (χ4n) is 2.42. The van der Waals surface area contributed by atoms with E-state index in [-0.39, 0.29) is 5.91 Å². The molecule has 0 saturated carbocycles. The zero-order chi connectivity index (χ0) is 19.1. The van der Waals surface area contributed by atoms with E-state index in [1.165, 1.54) is 6.21 Å². The standard InChI is InChI=1S/C22H18N2O3/c1-16-7-5-6-10-20(16)21(25)24-23-15-17-11-13-19(14-12-17)27-22(26)18-8-3-2-4-9-18/h2-15H,1H3,(H,24,25). The van der Waals surface area contributed by atoms with E-state index in [0.717, 1.165) is 11.1 Å². The van der Waals surface area contributed by atoms with Crippen molar-refractivity contribution >= 4 is 18.1 Å². The molecule has 0 saturated heterocycles. The molecule has 1 amide bonds. The van der Waals surface area contributed by atoms with Crippen LogP contribution >= 0.6 is 0 Å². The van der Waals surface area contributed by atoms with E-state index in [1.54, 1.807) is 60.7 Å². The molecule has 1 N–H and O–H groups in total. The van der Waals surface area contributed by atoms with E-state index >= 15 is 0 Å². The summed E-state index contributed by atoms with van der Waals surface area (Å²) >= 11 is 0. The van der Waals surface area contributed by atoms with Gasteiger partial charge >= 0.3 is 5.97 Å². The first kappa shape index (κ1) is 18.1. The van der Waals surface area contributed by atoms with Crippen molar-refractivity contribution in [2.75, 3.05) is 0 Å². The SMILES string of the molecule is Cc1ccccc1C(=O)NN=Cc1ccc(OC(=O)c2ccccc2)cc1. The van der Waals surface area contributed by atoms with E-state index in [0.29, 0.717) is 16.9 Å². The summed E-state index contributed by atoms with van der Waals surface area (Å²) in [7, 11) is 0. The molecule has 3 aromatic carbocycles. The molecule has 0 heterocycles. The quantitative estimate of drug-likeness (QED) is 0.325. The Balaban J connectivity index is 1.57. The van der Waals surface area contributed by atoms with Gasteiger partial charge in [-0.3, -0.25) is 4.79 Å². The molecule has 0 unspecified atom stereocenters. The molecule has 134 valence electrons. The number of hydrogen-bond donors (Lipinski definition) is 1. The third kappa shape index (κ3) is 4.89. The highest BCUT2D eigenvalue weighted by molar-refractivity contribution is 5.96. The van der Waals surface area contributed by atoms with Crippen LogP contribution in [0.4, 0.5) is 0 Å². The van der Waals surface area contributed by atoms with Crippen LogP contribution in [0.2, 0.25) is 0 Å². The number of benzene rings is 3. The summed E-state index contributed by atoms with van der Waals surface area (Å²) in [6, 6.07) is 22.9. The Morgan fingerprint density at radius 3 is 2.26 bits per heavy atom. The highest BCUT2D eigenvalue weighted by Crippen LogP contribution is 2.13. The number of nitrogens with zero attached hydrogens (tertiary/aromatic N) is 1. The molecular formula is C22H18N2O3. The first-order valence-electron chi connectivity index (χ1n) is 8.40. The van der Waals surface area contributed by atoms with Gasteiger partial charge in [0.1, 0.15) is 5.75 Å². The average molecular weight is 358 g/mol. The molecular weight excluding hydrogens is 340 g/mol. The number of ether oxygens (including phenoxy) is 1. The molecule has 0 aliphatic rings. The number of hydrazone groups is 1. The fourth-order valence-corrected chi connectivity index (χ4v) is 2.42. The number of nitrogens with one attached hydrogen (secondary N) is 1. The van der Waals surface area contributed by atoms with Gasteiger partial charge in [0.2, 0.25) is 0 Å². The fraction of sp³-hybridized carbons (Fsp3) is 0.0455. The second kappa shape index (κ2) is 8.58. The summed E-state index contributed by atoms with van der Waals surface area (Å²) < 4.78 is 5.32. The lowest BCUT2D eigenvalue weighted by Crippen LogP contribution is -2.18. The molecule has 0 fully saturated rings. The van der Waals surface area contributed by atoms with Crippen molar-refractivity contribution in [3.8, 4) is 5.75 Å². The second-order valence-electron chi connectivity index (χ2n) is 5.84. The van der Waals surface area contributed by atoms with E-state index in [4.69, 9.17) is 4.74 Å². The summed E-state index contributed by atoms with van der Waals surface area (Å²) in [5, 5.41) is 3.96. The second-order valence-corrected chi connectivity index (χ2v) is 5.84. The van der Waals surface area contributed by atoms with Gasteiger partial charge in [-0.1, -0.05) is 36.4 Å². The van der Waals surface area contributed by atoms with Crippen molar-refractivity contribution < 1.29 is 14.3 Å². The van der Waals surface area contributed by atoms with Crippen LogP contribution in [-0.2, 0) is 0 Å². The Hall–Kier alpha value is -3.73. The summed E-state index contributed by atoms with van der Waals surface area (Å²) in [6.45, 7) is 1.87. The Kier molecular flexibility index (Phi) is 5.74. The van der Waals surface area contributed by atoms with Crippen LogP contribution in [-0.4, -0.2) is 18.1 Å². The van der Waals surface area contributed by atoms with Gasteiger partial charge in [0.25, 0.3) is 5.91 Å². The highest BCUT2D eigenvalue weighted by Gasteiger charge is 2.08. The van der Waals surface area contributed by atoms with Crippen LogP contribution in [0.1, 0.15) is 31.8 Å². The normalized spacial score (nSPS) is 10.6. The number of carbonyl (C=O) groups excluding carboxylic acids is 2. The van der Waals surface area contributed by atoms with Crippen LogP contribution in [0, 0.1) is 6.92 Å². The zero-order valence-corrected chi connectivity index (χ0v) is 14.8. The minimum Gasteiger partial charge on any atom is -0.423 e. The number of carbonyl (C=O) groups is 2. The van der Waals surface area contributed by atoms with Crippen molar-refractivity contribution in [1.29, 1.82) is 0 Å². The lowest BCUT2D eigenvalue weighted by molar-refractivity contribution is 0.0734. The maximum absolute atomic E-state index is 12.1. The van der Waals surface area contributed by atoms with Crippen molar-refractivity contribution in [1.82, 2.24) is 5.43 Å². The van der Waals surface area contributed by atoms with Crippen LogP contribution in [0.15, 0.2) is 84.0 Å². The predicted octanol–water partition coefficient (Wildman–Crippen LogP) is 3.98. The lowest BCUT2D eigenvalue weighted by atomic mass is 10.1. The molecule has 0 atom stereocenters. The molecule has 0 radical (unpaired) electrons. The summed E-state index contributed by atoms with van der Waals surface area (Å²) in [5.74, 6) is -0.245. The maximum atomic E-state index is 12.1. The molecule has 3 rings (SSSR count). The summed E-state index contributed by atoms with van der Waals surface area (Å²) in [6.07, 6.45) is 1.53. The van der Waals surface area contributed by atoms with Gasteiger partial charge in [-0.15, -0.1) is 0 Å². The van der Waals surface area contributed by atoms with E-state index in [9.17, 15) is 9.59 Å². The Morgan fingerprint density at radius 1 is 0.889 bits per heavy atom. The first-order chi connectivity index (χ1) is 13.1. The molecule has 0 aromatic heterocycles. The molecule has 5 heteroatoms. The number of rotatable bonds is 5. The number of hydrogen-bond acceptors (Lipinski definition) is 4. The van der Waals surface area contributed by atoms with Crippen molar-refractivity contribution in [3.63, 3.8) is 0 Å². The lowest BCUT2D eigenvalue weighted by Gasteiger charge is -2.05. The van der Waals surface area contributed by atoms with Crippen LogP contribution < -0.4 is 10.2 Å². The number of aryl methyl sites for hydroxylation is 1. The Labute approximate surface area is 157 Å². The van der Waals surface area contributed by atoms with Gasteiger partial charge in [-0.2, -0.15) is 5.10 Å². The van der Waals surface area contributed by atoms with Crippen LogP contribution in [0.25, 0.3) is 0 Å². The Bertz CT molecular complexity index is 964. The Morgan fingerprint density at radius 2 is 1.56 bits per heavy atom. The average Bonchev–Trinajstić information content (AvgIpc) is 2.70. The van der Waals surface area contributed by atoms with Gasteiger partial charge < -0.3 is 4.74 Å². The molecule has 0 aliphatic heterocycles. The van der Waals surface area contributed by atoms with Gasteiger partial charge in [0, 0.05) is 5.56 Å². The largest absolute Gasteiger partial charge is 0.423 e. The van der Waals surface area contributed by atoms with Gasteiger partial charge in [-0.05, 0) is 60.5 Å². The maximum Gasteiger partial charge on any atom is 0.343 e. The highest BCUT2D eigenvalue weighted by atomic mass is 16.5.